The van der Waals surface area contributed by atoms with E-state index in [1.165, 1.54) is 5.56 Å². The predicted molar refractivity (Wildman–Crippen MR) is 73.2 cm³/mol. The topological polar surface area (TPSA) is 21.3 Å². The van der Waals surface area contributed by atoms with Crippen LogP contribution in [0.15, 0.2) is 30.3 Å². The molecule has 96 valence electrons. The summed E-state index contributed by atoms with van der Waals surface area (Å²) in [6.45, 7) is 11.5. The second kappa shape index (κ2) is 6.18. The fraction of sp³-hybridized carbons (Fsp3) is 0.600. The van der Waals surface area contributed by atoms with E-state index in [0.29, 0.717) is 0 Å². The van der Waals surface area contributed by atoms with Crippen molar-refractivity contribution in [1.82, 2.24) is 5.32 Å². The Morgan fingerprint density at radius 1 is 1.12 bits per heavy atom. The Balaban J connectivity index is 2.68. The Hall–Kier alpha value is -0.860. The number of hydrogen-bond acceptors (Lipinski definition) is 2. The Morgan fingerprint density at radius 2 is 1.71 bits per heavy atom. The van der Waals surface area contributed by atoms with Crippen LogP contribution >= 0.6 is 0 Å². The third-order valence-electron chi connectivity index (χ3n) is 2.43. The van der Waals surface area contributed by atoms with Crippen LogP contribution < -0.4 is 5.32 Å². The van der Waals surface area contributed by atoms with Crippen molar-refractivity contribution in [2.75, 3.05) is 6.54 Å². The lowest BCUT2D eigenvalue weighted by atomic mass is 10.1. The van der Waals surface area contributed by atoms with Crippen LogP contribution in [0.25, 0.3) is 0 Å². The molecule has 0 fully saturated rings. The molecule has 1 unspecified atom stereocenters. The molecule has 0 saturated heterocycles. The van der Waals surface area contributed by atoms with Crippen molar-refractivity contribution < 1.29 is 4.74 Å². The van der Waals surface area contributed by atoms with Gasteiger partial charge in [0.05, 0.1) is 12.2 Å². The Morgan fingerprint density at radius 3 is 2.18 bits per heavy atom. The molecule has 2 nitrogen and oxygen atoms in total. The average molecular weight is 235 g/mol. The van der Waals surface area contributed by atoms with Gasteiger partial charge in [0.1, 0.15) is 0 Å². The summed E-state index contributed by atoms with van der Waals surface area (Å²) in [6.07, 6.45) is 0.359. The number of hydrogen-bond donors (Lipinski definition) is 1. The molecule has 0 aliphatic rings. The van der Waals surface area contributed by atoms with E-state index in [2.05, 4.69) is 64.2 Å². The first-order valence-electron chi connectivity index (χ1n) is 6.34. The van der Waals surface area contributed by atoms with E-state index in [1.807, 2.05) is 6.07 Å². The van der Waals surface area contributed by atoms with Crippen molar-refractivity contribution in [2.24, 2.45) is 0 Å². The van der Waals surface area contributed by atoms with Gasteiger partial charge < -0.3 is 10.1 Å². The molecule has 0 aromatic heterocycles. The normalized spacial score (nSPS) is 14.0. The summed E-state index contributed by atoms with van der Waals surface area (Å²) in [6, 6.07) is 10.4. The van der Waals surface area contributed by atoms with Crippen LogP contribution in [0.4, 0.5) is 0 Å². The maximum atomic E-state index is 5.97. The quantitative estimate of drug-likeness (QED) is 0.843. The lowest BCUT2D eigenvalue weighted by Crippen LogP contribution is -2.39. The molecule has 2 heteroatoms. The van der Waals surface area contributed by atoms with Crippen LogP contribution in [0.1, 0.15) is 46.3 Å². The highest BCUT2D eigenvalue weighted by atomic mass is 16.5. The standard InChI is InChI=1S/C15H25NO/c1-12(2)17-14(11-16-15(3,4)5)13-9-7-6-8-10-13/h6-10,12,14,16H,11H2,1-5H3. The Labute approximate surface area is 105 Å². The molecule has 0 heterocycles. The van der Waals surface area contributed by atoms with Crippen LogP contribution in [-0.4, -0.2) is 18.2 Å². The molecule has 0 radical (unpaired) electrons. The largest absolute Gasteiger partial charge is 0.370 e. The molecule has 0 saturated carbocycles. The summed E-state index contributed by atoms with van der Waals surface area (Å²) < 4.78 is 5.97. The predicted octanol–water partition coefficient (Wildman–Crippen LogP) is 3.54. The molecule has 1 atom stereocenters. The van der Waals surface area contributed by atoms with E-state index < -0.39 is 0 Å². The third kappa shape index (κ3) is 5.85. The van der Waals surface area contributed by atoms with E-state index in [4.69, 9.17) is 4.74 Å². The van der Waals surface area contributed by atoms with Gasteiger partial charge in [-0.05, 0) is 40.2 Å². The van der Waals surface area contributed by atoms with Gasteiger partial charge in [-0.1, -0.05) is 30.3 Å². The van der Waals surface area contributed by atoms with Gasteiger partial charge in [0.15, 0.2) is 0 Å². The van der Waals surface area contributed by atoms with Gasteiger partial charge in [-0.15, -0.1) is 0 Å². The summed E-state index contributed by atoms with van der Waals surface area (Å²) in [4.78, 5) is 0. The fourth-order valence-electron chi connectivity index (χ4n) is 1.64. The highest BCUT2D eigenvalue weighted by Crippen LogP contribution is 2.19. The zero-order valence-electron chi connectivity index (χ0n) is 11.7. The lowest BCUT2D eigenvalue weighted by molar-refractivity contribution is 0.00405. The molecule has 0 aliphatic carbocycles. The zero-order chi connectivity index (χ0) is 12.9. The van der Waals surface area contributed by atoms with Gasteiger partial charge in [0.2, 0.25) is 0 Å². The minimum absolute atomic E-state index is 0.118. The smallest absolute Gasteiger partial charge is 0.0952 e. The van der Waals surface area contributed by atoms with Gasteiger partial charge >= 0.3 is 0 Å². The number of benzene rings is 1. The molecular formula is C15H25NO. The maximum Gasteiger partial charge on any atom is 0.0952 e. The van der Waals surface area contributed by atoms with Crippen molar-refractivity contribution in [3.63, 3.8) is 0 Å². The molecule has 17 heavy (non-hydrogen) atoms. The molecule has 0 aliphatic heterocycles. The summed E-state index contributed by atoms with van der Waals surface area (Å²) >= 11 is 0. The number of rotatable bonds is 5. The van der Waals surface area contributed by atoms with E-state index in [-0.39, 0.29) is 17.7 Å². The van der Waals surface area contributed by atoms with Crippen molar-refractivity contribution in [3.8, 4) is 0 Å². The SMILES string of the molecule is CC(C)OC(CNC(C)(C)C)c1ccccc1. The van der Waals surface area contributed by atoms with Crippen LogP contribution in [0.2, 0.25) is 0 Å². The molecule has 1 N–H and O–H groups in total. The molecular weight excluding hydrogens is 210 g/mol. The average Bonchev–Trinajstić information content (AvgIpc) is 2.24. The Bertz CT molecular complexity index is 313. The zero-order valence-corrected chi connectivity index (χ0v) is 11.7. The van der Waals surface area contributed by atoms with Crippen molar-refractivity contribution >= 4 is 0 Å². The van der Waals surface area contributed by atoms with Crippen LogP contribution in [0.5, 0.6) is 0 Å². The van der Waals surface area contributed by atoms with Gasteiger partial charge in [0, 0.05) is 12.1 Å². The summed E-state index contributed by atoms with van der Waals surface area (Å²) in [5, 5.41) is 3.50. The molecule has 0 amide bonds. The number of ether oxygens (including phenoxy) is 1. The summed E-state index contributed by atoms with van der Waals surface area (Å²) in [7, 11) is 0. The van der Waals surface area contributed by atoms with Gasteiger partial charge in [0.25, 0.3) is 0 Å². The van der Waals surface area contributed by atoms with E-state index >= 15 is 0 Å². The van der Waals surface area contributed by atoms with Crippen molar-refractivity contribution in [3.05, 3.63) is 35.9 Å². The first kappa shape index (κ1) is 14.2. The third-order valence-corrected chi connectivity index (χ3v) is 2.43. The van der Waals surface area contributed by atoms with Crippen LogP contribution in [0.3, 0.4) is 0 Å². The van der Waals surface area contributed by atoms with Gasteiger partial charge in [-0.3, -0.25) is 0 Å². The van der Waals surface area contributed by atoms with E-state index in [9.17, 15) is 0 Å². The minimum Gasteiger partial charge on any atom is -0.370 e. The minimum atomic E-state index is 0.118. The van der Waals surface area contributed by atoms with Gasteiger partial charge in [-0.2, -0.15) is 0 Å². The summed E-state index contributed by atoms with van der Waals surface area (Å²) in [5.41, 5.74) is 1.35. The van der Waals surface area contributed by atoms with E-state index in [0.717, 1.165) is 6.54 Å². The maximum absolute atomic E-state index is 5.97. The first-order valence-corrected chi connectivity index (χ1v) is 6.34. The molecule has 1 aromatic rings. The molecule has 0 spiro atoms. The molecule has 1 aromatic carbocycles. The first-order chi connectivity index (χ1) is 7.88. The summed E-state index contributed by atoms with van der Waals surface area (Å²) in [5.74, 6) is 0. The van der Waals surface area contributed by atoms with Crippen LogP contribution in [0, 0.1) is 0 Å². The fourth-order valence-corrected chi connectivity index (χ4v) is 1.64. The van der Waals surface area contributed by atoms with Gasteiger partial charge in [-0.25, -0.2) is 0 Å². The highest BCUT2D eigenvalue weighted by molar-refractivity contribution is 5.18. The Kier molecular flexibility index (Phi) is 5.16. The van der Waals surface area contributed by atoms with Crippen molar-refractivity contribution in [1.29, 1.82) is 0 Å². The monoisotopic (exact) mass is 235 g/mol. The lowest BCUT2D eigenvalue weighted by Gasteiger charge is -2.27. The van der Waals surface area contributed by atoms with E-state index in [1.54, 1.807) is 0 Å². The van der Waals surface area contributed by atoms with Crippen molar-refractivity contribution in [2.45, 2.75) is 52.4 Å². The second-order valence-corrected chi connectivity index (χ2v) is 5.72. The van der Waals surface area contributed by atoms with Crippen LogP contribution in [-0.2, 0) is 4.74 Å². The number of nitrogens with one attached hydrogen (secondary N) is 1. The molecule has 0 bridgehead atoms. The highest BCUT2D eigenvalue weighted by Gasteiger charge is 2.17. The molecule has 1 rings (SSSR count). The second-order valence-electron chi connectivity index (χ2n) is 5.72.